The minimum atomic E-state index is -0.241. The quantitative estimate of drug-likeness (QED) is 0.791. The number of nitrogens with one attached hydrogen (secondary N) is 1. The van der Waals surface area contributed by atoms with E-state index in [1.54, 1.807) is 6.33 Å². The van der Waals surface area contributed by atoms with Crippen LogP contribution in [0.3, 0.4) is 0 Å². The van der Waals surface area contributed by atoms with Crippen molar-refractivity contribution in [1.29, 1.82) is 0 Å². The van der Waals surface area contributed by atoms with Crippen molar-refractivity contribution in [2.45, 2.75) is 25.7 Å². The van der Waals surface area contributed by atoms with Crippen LogP contribution in [0.2, 0.25) is 0 Å². The highest BCUT2D eigenvalue weighted by Gasteiger charge is 2.12. The second kappa shape index (κ2) is 4.20. The predicted molar refractivity (Wildman–Crippen MR) is 64.3 cm³/mol. The first-order valence-corrected chi connectivity index (χ1v) is 6.02. The average Bonchev–Trinajstić information content (AvgIpc) is 2.58. The standard InChI is InChI=1S/C11H15N5O/c17-11-14-13-10-7-9(12-8-16(10)11)15-5-3-1-2-4-6-15/h7-8H,1-6H2,(H,14,17). The van der Waals surface area contributed by atoms with Crippen LogP contribution in [0.5, 0.6) is 0 Å². The number of H-pyrrole nitrogens is 1. The van der Waals surface area contributed by atoms with E-state index in [2.05, 4.69) is 20.1 Å². The summed E-state index contributed by atoms with van der Waals surface area (Å²) in [4.78, 5) is 17.9. The molecular weight excluding hydrogens is 218 g/mol. The first kappa shape index (κ1) is 10.3. The lowest BCUT2D eigenvalue weighted by Gasteiger charge is -2.20. The topological polar surface area (TPSA) is 66.3 Å². The molecule has 0 bridgehead atoms. The predicted octanol–water partition coefficient (Wildman–Crippen LogP) is 0.798. The number of anilines is 1. The fourth-order valence-electron chi connectivity index (χ4n) is 2.27. The minimum Gasteiger partial charge on any atom is -0.356 e. The largest absolute Gasteiger partial charge is 0.356 e. The summed E-state index contributed by atoms with van der Waals surface area (Å²) in [6.07, 6.45) is 6.54. The molecule has 1 N–H and O–H groups in total. The summed E-state index contributed by atoms with van der Waals surface area (Å²) in [5.41, 5.74) is 0.388. The van der Waals surface area contributed by atoms with E-state index in [1.807, 2.05) is 6.07 Å². The highest BCUT2D eigenvalue weighted by molar-refractivity contribution is 5.50. The molecule has 3 heterocycles. The van der Waals surface area contributed by atoms with E-state index in [9.17, 15) is 4.79 Å². The van der Waals surface area contributed by atoms with Crippen LogP contribution in [0, 0.1) is 0 Å². The summed E-state index contributed by atoms with van der Waals surface area (Å²) in [5, 5.41) is 6.37. The maximum absolute atomic E-state index is 11.3. The van der Waals surface area contributed by atoms with Gasteiger partial charge in [-0.15, -0.1) is 0 Å². The fourth-order valence-corrected chi connectivity index (χ4v) is 2.27. The lowest BCUT2D eigenvalue weighted by molar-refractivity contribution is 0.726. The zero-order valence-corrected chi connectivity index (χ0v) is 9.59. The van der Waals surface area contributed by atoms with E-state index in [4.69, 9.17) is 0 Å². The normalized spacial score (nSPS) is 17.3. The summed E-state index contributed by atoms with van der Waals surface area (Å²) >= 11 is 0. The van der Waals surface area contributed by atoms with Crippen LogP contribution in [0.15, 0.2) is 17.2 Å². The van der Waals surface area contributed by atoms with Gasteiger partial charge in [0, 0.05) is 19.2 Å². The number of hydrogen-bond donors (Lipinski definition) is 1. The molecule has 17 heavy (non-hydrogen) atoms. The summed E-state index contributed by atoms with van der Waals surface area (Å²) in [6, 6.07) is 1.86. The van der Waals surface area contributed by atoms with Crippen molar-refractivity contribution in [1.82, 2.24) is 19.6 Å². The molecule has 0 aromatic carbocycles. The van der Waals surface area contributed by atoms with Crippen molar-refractivity contribution in [2.75, 3.05) is 18.0 Å². The molecular formula is C11H15N5O. The third-order valence-corrected chi connectivity index (χ3v) is 3.23. The van der Waals surface area contributed by atoms with Crippen molar-refractivity contribution in [3.05, 3.63) is 22.9 Å². The van der Waals surface area contributed by atoms with Crippen LogP contribution in [-0.4, -0.2) is 32.7 Å². The van der Waals surface area contributed by atoms with Gasteiger partial charge in [0.2, 0.25) is 0 Å². The molecule has 90 valence electrons. The Morgan fingerprint density at radius 2 is 1.94 bits per heavy atom. The van der Waals surface area contributed by atoms with Gasteiger partial charge in [-0.3, -0.25) is 0 Å². The first-order valence-electron chi connectivity index (χ1n) is 6.02. The molecule has 0 radical (unpaired) electrons. The summed E-state index contributed by atoms with van der Waals surface area (Å²) in [6.45, 7) is 2.08. The van der Waals surface area contributed by atoms with E-state index in [0.29, 0.717) is 5.65 Å². The lowest BCUT2D eigenvalue weighted by Crippen LogP contribution is -2.25. The Hall–Kier alpha value is -1.85. The molecule has 0 atom stereocenters. The number of aromatic nitrogens is 4. The van der Waals surface area contributed by atoms with Gasteiger partial charge in [0.05, 0.1) is 0 Å². The van der Waals surface area contributed by atoms with E-state index < -0.39 is 0 Å². The van der Waals surface area contributed by atoms with E-state index in [-0.39, 0.29) is 5.69 Å². The molecule has 1 aliphatic rings. The molecule has 0 spiro atoms. The molecule has 6 heteroatoms. The molecule has 0 saturated carbocycles. The molecule has 2 aromatic rings. The molecule has 0 unspecified atom stereocenters. The first-order chi connectivity index (χ1) is 8.34. The third kappa shape index (κ3) is 1.90. The average molecular weight is 233 g/mol. The van der Waals surface area contributed by atoms with Gasteiger partial charge in [-0.2, -0.15) is 5.10 Å². The zero-order valence-electron chi connectivity index (χ0n) is 9.59. The minimum absolute atomic E-state index is 0.241. The lowest BCUT2D eigenvalue weighted by atomic mass is 10.2. The summed E-state index contributed by atoms with van der Waals surface area (Å²) in [5.74, 6) is 0.915. The van der Waals surface area contributed by atoms with Crippen molar-refractivity contribution < 1.29 is 0 Å². The third-order valence-electron chi connectivity index (χ3n) is 3.23. The Labute approximate surface area is 98.3 Å². The van der Waals surface area contributed by atoms with Gasteiger partial charge >= 0.3 is 5.69 Å². The summed E-state index contributed by atoms with van der Waals surface area (Å²) < 4.78 is 1.42. The number of aromatic amines is 1. The van der Waals surface area contributed by atoms with Crippen LogP contribution in [0.1, 0.15) is 25.7 Å². The summed E-state index contributed by atoms with van der Waals surface area (Å²) in [7, 11) is 0. The second-order valence-electron chi connectivity index (χ2n) is 4.41. The highest BCUT2D eigenvalue weighted by Crippen LogP contribution is 2.17. The van der Waals surface area contributed by atoms with Gasteiger partial charge in [-0.25, -0.2) is 19.3 Å². The Kier molecular flexibility index (Phi) is 2.55. The molecule has 2 aromatic heterocycles. The van der Waals surface area contributed by atoms with Gasteiger partial charge in [0.25, 0.3) is 0 Å². The molecule has 0 aliphatic carbocycles. The number of nitrogens with zero attached hydrogens (tertiary/aromatic N) is 4. The SMILES string of the molecule is O=c1[nH]nc2cc(N3CCCCCC3)ncn12. The van der Waals surface area contributed by atoms with Crippen LogP contribution >= 0.6 is 0 Å². The van der Waals surface area contributed by atoms with Crippen LogP contribution in [0.25, 0.3) is 5.65 Å². The van der Waals surface area contributed by atoms with Crippen molar-refractivity contribution >= 4 is 11.5 Å². The number of hydrogen-bond acceptors (Lipinski definition) is 4. The van der Waals surface area contributed by atoms with Crippen molar-refractivity contribution in [2.24, 2.45) is 0 Å². The van der Waals surface area contributed by atoms with E-state index in [1.165, 1.54) is 30.1 Å². The second-order valence-corrected chi connectivity index (χ2v) is 4.41. The molecule has 3 rings (SSSR count). The van der Waals surface area contributed by atoms with E-state index in [0.717, 1.165) is 18.9 Å². The van der Waals surface area contributed by atoms with Crippen molar-refractivity contribution in [3.63, 3.8) is 0 Å². The zero-order chi connectivity index (χ0) is 11.7. The van der Waals surface area contributed by atoms with Crippen molar-refractivity contribution in [3.8, 4) is 0 Å². The van der Waals surface area contributed by atoms with Gasteiger partial charge in [0.1, 0.15) is 12.1 Å². The Morgan fingerprint density at radius 1 is 1.18 bits per heavy atom. The van der Waals surface area contributed by atoms with Gasteiger partial charge in [-0.1, -0.05) is 12.8 Å². The Morgan fingerprint density at radius 3 is 2.71 bits per heavy atom. The van der Waals surface area contributed by atoms with Crippen LogP contribution in [0.4, 0.5) is 5.82 Å². The fraction of sp³-hybridized carbons (Fsp3) is 0.545. The maximum Gasteiger partial charge on any atom is 0.348 e. The highest BCUT2D eigenvalue weighted by atomic mass is 16.1. The van der Waals surface area contributed by atoms with Gasteiger partial charge in [-0.05, 0) is 12.8 Å². The number of rotatable bonds is 1. The Bertz CT molecular complexity index is 564. The van der Waals surface area contributed by atoms with Gasteiger partial charge < -0.3 is 4.90 Å². The van der Waals surface area contributed by atoms with E-state index >= 15 is 0 Å². The molecule has 1 fully saturated rings. The van der Waals surface area contributed by atoms with Gasteiger partial charge in [0.15, 0.2) is 5.65 Å². The molecule has 6 nitrogen and oxygen atoms in total. The van der Waals surface area contributed by atoms with Crippen LogP contribution < -0.4 is 10.6 Å². The maximum atomic E-state index is 11.3. The molecule has 1 saturated heterocycles. The molecule has 1 aliphatic heterocycles. The van der Waals surface area contributed by atoms with Crippen LogP contribution in [-0.2, 0) is 0 Å². The smallest absolute Gasteiger partial charge is 0.348 e. The number of fused-ring (bicyclic) bond motifs is 1. The monoisotopic (exact) mass is 233 g/mol. The Balaban J connectivity index is 1.96. The molecule has 0 amide bonds.